The lowest BCUT2D eigenvalue weighted by Gasteiger charge is -2.38. The van der Waals surface area contributed by atoms with Gasteiger partial charge in [-0.2, -0.15) is 0 Å². The van der Waals surface area contributed by atoms with Gasteiger partial charge in [0.25, 0.3) is 0 Å². The van der Waals surface area contributed by atoms with Crippen LogP contribution in [0.4, 0.5) is 0 Å². The quantitative estimate of drug-likeness (QED) is 0.536. The van der Waals surface area contributed by atoms with Gasteiger partial charge in [-0.25, -0.2) is 4.99 Å². The van der Waals surface area contributed by atoms with Crippen LogP contribution in [0.15, 0.2) is 29.3 Å². The molecule has 1 aromatic rings. The Labute approximate surface area is 168 Å². The molecule has 6 heteroatoms. The van der Waals surface area contributed by atoms with Gasteiger partial charge in [0, 0.05) is 24.6 Å². The summed E-state index contributed by atoms with van der Waals surface area (Å²) in [6, 6.07) is 8.51. The highest BCUT2D eigenvalue weighted by Gasteiger charge is 2.34. The molecule has 1 aliphatic heterocycles. The van der Waals surface area contributed by atoms with Gasteiger partial charge in [0.2, 0.25) is 5.91 Å². The van der Waals surface area contributed by atoms with Gasteiger partial charge in [-0.1, -0.05) is 37.5 Å². The number of rotatable bonds is 5. The summed E-state index contributed by atoms with van der Waals surface area (Å²) in [6.07, 6.45) is 6.68. The second-order valence-electron chi connectivity index (χ2n) is 8.40. The van der Waals surface area contributed by atoms with Gasteiger partial charge in [-0.3, -0.25) is 4.79 Å². The molecular weight excluding hydrogens is 352 g/mol. The van der Waals surface area contributed by atoms with Crippen molar-refractivity contribution in [2.24, 2.45) is 4.99 Å². The highest BCUT2D eigenvalue weighted by Crippen LogP contribution is 2.39. The van der Waals surface area contributed by atoms with Gasteiger partial charge in [0.05, 0.1) is 6.04 Å². The molecule has 1 unspecified atom stereocenters. The Morgan fingerprint density at radius 2 is 1.93 bits per heavy atom. The number of nitrogens with zero attached hydrogens (tertiary/aromatic N) is 1. The molecule has 0 radical (unpaired) electrons. The SMILES string of the molecule is CCNC(=NCC(=O)NC1CCCCC1)NC1CC(C)(C)Oc2ccccc21. The smallest absolute Gasteiger partial charge is 0.242 e. The molecular formula is C22H34N4O2. The van der Waals surface area contributed by atoms with E-state index in [0.29, 0.717) is 12.0 Å². The Bertz CT molecular complexity index is 696. The van der Waals surface area contributed by atoms with Gasteiger partial charge < -0.3 is 20.7 Å². The van der Waals surface area contributed by atoms with Crippen LogP contribution < -0.4 is 20.7 Å². The zero-order valence-electron chi connectivity index (χ0n) is 17.4. The molecule has 0 spiro atoms. The van der Waals surface area contributed by atoms with Crippen LogP contribution in [0.3, 0.4) is 0 Å². The lowest BCUT2D eigenvalue weighted by atomic mass is 9.90. The summed E-state index contributed by atoms with van der Waals surface area (Å²) < 4.78 is 6.11. The van der Waals surface area contributed by atoms with E-state index in [1.165, 1.54) is 19.3 Å². The summed E-state index contributed by atoms with van der Waals surface area (Å²) in [6.45, 7) is 7.10. The first-order valence-electron chi connectivity index (χ1n) is 10.6. The highest BCUT2D eigenvalue weighted by atomic mass is 16.5. The molecule has 1 amide bonds. The number of amides is 1. The fourth-order valence-electron chi connectivity index (χ4n) is 4.09. The molecule has 0 saturated heterocycles. The van der Waals surface area contributed by atoms with Crippen LogP contribution in [0.2, 0.25) is 0 Å². The van der Waals surface area contributed by atoms with E-state index in [2.05, 4.69) is 40.9 Å². The number of ether oxygens (including phenoxy) is 1. The number of benzene rings is 1. The second-order valence-corrected chi connectivity index (χ2v) is 8.40. The van der Waals surface area contributed by atoms with E-state index < -0.39 is 0 Å². The molecule has 6 nitrogen and oxygen atoms in total. The summed E-state index contributed by atoms with van der Waals surface area (Å²) in [7, 11) is 0. The zero-order valence-corrected chi connectivity index (χ0v) is 17.4. The van der Waals surface area contributed by atoms with Gasteiger partial charge in [-0.05, 0) is 39.7 Å². The largest absolute Gasteiger partial charge is 0.487 e. The fourth-order valence-corrected chi connectivity index (χ4v) is 4.09. The number of carbonyl (C=O) groups excluding carboxylic acids is 1. The molecule has 3 rings (SSSR count). The Balaban J connectivity index is 1.65. The topological polar surface area (TPSA) is 74.8 Å². The molecule has 1 saturated carbocycles. The summed E-state index contributed by atoms with van der Waals surface area (Å²) in [5, 5.41) is 9.90. The summed E-state index contributed by atoms with van der Waals surface area (Å²) >= 11 is 0. The fraction of sp³-hybridized carbons (Fsp3) is 0.636. The second kappa shape index (κ2) is 9.30. The molecule has 1 aromatic carbocycles. The van der Waals surface area contributed by atoms with Crippen LogP contribution in [0.25, 0.3) is 0 Å². The monoisotopic (exact) mass is 386 g/mol. The number of guanidine groups is 1. The van der Waals surface area contributed by atoms with Gasteiger partial charge in [-0.15, -0.1) is 0 Å². The van der Waals surface area contributed by atoms with Crippen LogP contribution in [0.5, 0.6) is 5.75 Å². The minimum atomic E-state index is -0.262. The maximum atomic E-state index is 12.3. The molecule has 28 heavy (non-hydrogen) atoms. The van der Waals surface area contributed by atoms with Crippen molar-refractivity contribution in [3.05, 3.63) is 29.8 Å². The van der Waals surface area contributed by atoms with E-state index in [1.807, 2.05) is 25.1 Å². The predicted octanol–water partition coefficient (Wildman–Crippen LogP) is 3.29. The maximum Gasteiger partial charge on any atom is 0.242 e. The molecule has 0 bridgehead atoms. The Morgan fingerprint density at radius 1 is 1.18 bits per heavy atom. The normalized spacial score (nSPS) is 22.0. The van der Waals surface area contributed by atoms with Crippen LogP contribution in [0.1, 0.15) is 70.9 Å². The van der Waals surface area contributed by atoms with Crippen molar-refractivity contribution in [3.63, 3.8) is 0 Å². The van der Waals surface area contributed by atoms with Crippen LogP contribution in [0, 0.1) is 0 Å². The summed E-state index contributed by atoms with van der Waals surface area (Å²) in [5.41, 5.74) is 0.862. The van der Waals surface area contributed by atoms with Crippen molar-refractivity contribution in [2.75, 3.05) is 13.1 Å². The minimum absolute atomic E-state index is 0.00295. The molecule has 1 aliphatic carbocycles. The van der Waals surface area contributed by atoms with E-state index in [1.54, 1.807) is 0 Å². The lowest BCUT2D eigenvalue weighted by Crippen LogP contribution is -2.46. The predicted molar refractivity (Wildman–Crippen MR) is 113 cm³/mol. The van der Waals surface area contributed by atoms with Crippen molar-refractivity contribution in [2.45, 2.75) is 77.0 Å². The molecule has 1 fully saturated rings. The average Bonchev–Trinajstić information content (AvgIpc) is 2.66. The molecule has 154 valence electrons. The first-order valence-corrected chi connectivity index (χ1v) is 10.6. The number of carbonyl (C=O) groups is 1. The van der Waals surface area contributed by atoms with E-state index in [9.17, 15) is 4.79 Å². The van der Waals surface area contributed by atoms with Crippen molar-refractivity contribution in [3.8, 4) is 5.75 Å². The van der Waals surface area contributed by atoms with Crippen molar-refractivity contribution in [1.82, 2.24) is 16.0 Å². The van der Waals surface area contributed by atoms with Gasteiger partial charge in [0.1, 0.15) is 17.9 Å². The maximum absolute atomic E-state index is 12.3. The number of hydrogen-bond donors (Lipinski definition) is 3. The van der Waals surface area contributed by atoms with E-state index in [-0.39, 0.29) is 24.1 Å². The van der Waals surface area contributed by atoms with E-state index in [4.69, 9.17) is 4.74 Å². The number of hydrogen-bond acceptors (Lipinski definition) is 3. The minimum Gasteiger partial charge on any atom is -0.487 e. The standard InChI is InChI=1S/C22H34N4O2/c1-4-23-21(24-15-20(27)25-16-10-6-5-7-11-16)26-18-14-22(2,3)28-19-13-9-8-12-17(18)19/h8-9,12-13,16,18H,4-7,10-11,14-15H2,1-3H3,(H,25,27)(H2,23,24,26). The van der Waals surface area contributed by atoms with E-state index >= 15 is 0 Å². The molecule has 2 aliphatic rings. The molecule has 0 aromatic heterocycles. The molecule has 1 heterocycles. The Hall–Kier alpha value is -2.24. The number of aliphatic imine (C=N–C) groups is 1. The first kappa shape index (κ1) is 20.5. The average molecular weight is 387 g/mol. The first-order chi connectivity index (χ1) is 13.5. The van der Waals surface area contributed by atoms with Crippen LogP contribution in [-0.2, 0) is 4.79 Å². The molecule has 3 N–H and O–H groups in total. The van der Waals surface area contributed by atoms with Crippen LogP contribution in [-0.4, -0.2) is 36.6 Å². The highest BCUT2D eigenvalue weighted by molar-refractivity contribution is 5.85. The van der Waals surface area contributed by atoms with E-state index in [0.717, 1.165) is 37.1 Å². The van der Waals surface area contributed by atoms with Crippen molar-refractivity contribution >= 4 is 11.9 Å². The third-order valence-electron chi connectivity index (χ3n) is 5.38. The molecule has 1 atom stereocenters. The number of fused-ring (bicyclic) bond motifs is 1. The third kappa shape index (κ3) is 5.63. The van der Waals surface area contributed by atoms with Gasteiger partial charge >= 0.3 is 0 Å². The Kier molecular flexibility index (Phi) is 6.81. The summed E-state index contributed by atoms with van der Waals surface area (Å²) in [4.78, 5) is 16.9. The zero-order chi connectivity index (χ0) is 20.0. The van der Waals surface area contributed by atoms with Gasteiger partial charge in [0.15, 0.2) is 5.96 Å². The number of para-hydroxylation sites is 1. The summed E-state index contributed by atoms with van der Waals surface area (Å²) in [5.74, 6) is 1.57. The number of nitrogens with one attached hydrogen (secondary N) is 3. The van der Waals surface area contributed by atoms with Crippen LogP contribution >= 0.6 is 0 Å². The van der Waals surface area contributed by atoms with Crippen molar-refractivity contribution < 1.29 is 9.53 Å². The Morgan fingerprint density at radius 3 is 2.68 bits per heavy atom. The van der Waals surface area contributed by atoms with Crippen molar-refractivity contribution in [1.29, 1.82) is 0 Å². The third-order valence-corrected chi connectivity index (χ3v) is 5.38. The lowest BCUT2D eigenvalue weighted by molar-refractivity contribution is -0.120.